The van der Waals surface area contributed by atoms with E-state index in [0.717, 1.165) is 57.6 Å². The molecule has 3 aromatic carbocycles. The Morgan fingerprint density at radius 1 is 0.742 bits per heavy atom. The summed E-state index contributed by atoms with van der Waals surface area (Å²) in [5.41, 5.74) is 6.98. The van der Waals surface area contributed by atoms with Gasteiger partial charge >= 0.3 is 12.1 Å². The van der Waals surface area contributed by atoms with Crippen molar-refractivity contribution >= 4 is 23.9 Å². The van der Waals surface area contributed by atoms with Crippen molar-refractivity contribution in [2.45, 2.75) is 84.2 Å². The van der Waals surface area contributed by atoms with E-state index < -0.39 is 30.6 Å². The zero-order chi connectivity index (χ0) is 46.8. The van der Waals surface area contributed by atoms with Crippen LogP contribution in [0.4, 0.5) is 14.0 Å². The van der Waals surface area contributed by atoms with Crippen LogP contribution in [-0.2, 0) is 32.2 Å². The molecule has 0 spiro atoms. The number of carbonyl (C=O) groups is 4. The summed E-state index contributed by atoms with van der Waals surface area (Å²) in [4.78, 5) is 77.0. The van der Waals surface area contributed by atoms with Gasteiger partial charge in [0.2, 0.25) is 18.2 Å². The standard InChI is InChI=1S/C48H57FN10O7/c1-27(2)40(54-46(62)65-5)44(60)58-19-7-8-38(58)42-50-21-36(52-42)31-13-9-29(10-14-31)30-11-15-32(16-12-30)37-22-51-43(53-37)39-25-57(26-59(39)45(61)41(28(3)4)55-47(63)66-6)48(64)56-23-33-17-18-35(49)20-34(33)24-56/h9-18,20-22,27-28,38-41,46,54,62H,7-8,19,23-26H2,1-6H3,(H,50,52)(H,51,53)(H,55,63)/t38-,39?,40-,41-,46?/m0/s1. The van der Waals surface area contributed by atoms with Crippen molar-refractivity contribution in [1.29, 1.82) is 0 Å². The summed E-state index contributed by atoms with van der Waals surface area (Å²) in [6.45, 7) is 8.77. The highest BCUT2D eigenvalue weighted by molar-refractivity contribution is 5.87. The van der Waals surface area contributed by atoms with Crippen molar-refractivity contribution in [1.82, 2.24) is 50.2 Å². The number of alkyl carbamates (subject to hydrolysis) is 1. The molecule has 5 aromatic rings. The van der Waals surface area contributed by atoms with Crippen molar-refractivity contribution in [3.63, 3.8) is 0 Å². The number of aromatic nitrogens is 4. The number of likely N-dealkylation sites (tertiary alicyclic amines) is 1. The molecule has 5 amide bonds. The molecule has 0 bridgehead atoms. The Labute approximate surface area is 382 Å². The zero-order valence-corrected chi connectivity index (χ0v) is 38.0. The van der Waals surface area contributed by atoms with Gasteiger partial charge in [0.15, 0.2) is 0 Å². The monoisotopic (exact) mass is 904 g/mol. The molecule has 3 aliphatic rings. The molecule has 3 aliphatic heterocycles. The summed E-state index contributed by atoms with van der Waals surface area (Å²) in [7, 11) is 2.61. The molecule has 5 atom stereocenters. The van der Waals surface area contributed by atoms with Gasteiger partial charge in [-0.2, -0.15) is 0 Å². The lowest BCUT2D eigenvalue weighted by atomic mass is 10.0. The van der Waals surface area contributed by atoms with E-state index in [9.17, 15) is 28.7 Å². The number of halogens is 1. The number of aromatic amines is 2. The Hall–Kier alpha value is -6.63. The van der Waals surface area contributed by atoms with E-state index in [2.05, 4.69) is 20.6 Å². The molecule has 5 heterocycles. The number of benzene rings is 3. The topological polar surface area (TPSA) is 201 Å². The number of nitrogens with one attached hydrogen (secondary N) is 4. The van der Waals surface area contributed by atoms with E-state index in [1.54, 1.807) is 33.2 Å². The fraction of sp³-hybridized carbons (Fsp3) is 0.417. The number of hydrogen-bond donors (Lipinski definition) is 5. The maximum atomic E-state index is 14.2. The molecule has 0 saturated carbocycles. The van der Waals surface area contributed by atoms with Gasteiger partial charge in [0.05, 0.1) is 56.2 Å². The predicted molar refractivity (Wildman–Crippen MR) is 242 cm³/mol. The van der Waals surface area contributed by atoms with Crippen molar-refractivity contribution in [2.75, 3.05) is 34.0 Å². The zero-order valence-electron chi connectivity index (χ0n) is 38.0. The number of amides is 5. The van der Waals surface area contributed by atoms with E-state index in [0.29, 0.717) is 24.7 Å². The molecule has 2 unspecified atom stereocenters. The minimum Gasteiger partial charge on any atom is -0.453 e. The normalized spacial score (nSPS) is 18.5. The van der Waals surface area contributed by atoms with Crippen molar-refractivity contribution in [3.8, 4) is 33.6 Å². The molecule has 348 valence electrons. The van der Waals surface area contributed by atoms with Crippen LogP contribution in [-0.4, -0.2) is 121 Å². The first kappa shape index (κ1) is 45.9. The van der Waals surface area contributed by atoms with Gasteiger partial charge in [0, 0.05) is 26.7 Å². The third-order valence-electron chi connectivity index (χ3n) is 12.8. The van der Waals surface area contributed by atoms with E-state index in [1.807, 2.05) is 81.1 Å². The number of carbonyl (C=O) groups excluding carboxylic acids is 4. The largest absolute Gasteiger partial charge is 0.453 e. The Morgan fingerprint density at radius 2 is 1.30 bits per heavy atom. The molecule has 2 aromatic heterocycles. The molecule has 18 heteroatoms. The highest BCUT2D eigenvalue weighted by Crippen LogP contribution is 2.35. The maximum absolute atomic E-state index is 14.2. The summed E-state index contributed by atoms with van der Waals surface area (Å²) in [6.07, 6.45) is 3.13. The maximum Gasteiger partial charge on any atom is 0.407 e. The van der Waals surface area contributed by atoms with E-state index in [1.165, 1.54) is 26.4 Å². The first-order valence-corrected chi connectivity index (χ1v) is 22.3. The van der Waals surface area contributed by atoms with Gasteiger partial charge in [0.1, 0.15) is 29.5 Å². The SMILES string of the molecule is COC(=O)N[C@H](C(=O)N1CN(C(=O)N2Cc3ccc(F)cc3C2)CC1c1ncc(-c2ccc(-c3ccc(-c4cnc([C@@H]5CCCN5C(=O)[C@@H](NC(O)OC)C(C)C)[nH]4)cc3)cc2)[nH]1)C(C)C. The summed E-state index contributed by atoms with van der Waals surface area (Å²) in [5.74, 6) is -0.0133. The highest BCUT2D eigenvalue weighted by atomic mass is 19.1. The number of urea groups is 1. The average Bonchev–Trinajstić information content (AvgIpc) is 4.18. The van der Waals surface area contributed by atoms with Crippen LogP contribution in [0.15, 0.2) is 79.1 Å². The lowest BCUT2D eigenvalue weighted by molar-refractivity contribution is -0.145. The predicted octanol–water partition coefficient (Wildman–Crippen LogP) is 6.13. The van der Waals surface area contributed by atoms with Crippen LogP contribution in [0.3, 0.4) is 0 Å². The Morgan fingerprint density at radius 3 is 1.88 bits per heavy atom. The number of H-pyrrole nitrogens is 2. The third kappa shape index (κ3) is 9.52. The van der Waals surface area contributed by atoms with Gasteiger partial charge in [-0.15, -0.1) is 0 Å². The Bertz CT molecular complexity index is 2540. The second-order valence-electron chi connectivity index (χ2n) is 17.8. The van der Waals surface area contributed by atoms with E-state index in [4.69, 9.17) is 19.4 Å². The highest BCUT2D eigenvalue weighted by Gasteiger charge is 2.44. The van der Waals surface area contributed by atoms with Gasteiger partial charge in [0.25, 0.3) is 0 Å². The van der Waals surface area contributed by atoms with Gasteiger partial charge in [-0.1, -0.05) is 82.3 Å². The van der Waals surface area contributed by atoms with Crippen LogP contribution in [0.1, 0.15) is 75.4 Å². The minimum absolute atomic E-state index is 0.0420. The fourth-order valence-electron chi connectivity index (χ4n) is 9.07. The van der Waals surface area contributed by atoms with Crippen molar-refractivity contribution < 1.29 is 38.1 Å². The molecular formula is C48H57FN10O7. The Balaban J connectivity index is 0.958. The molecule has 5 N–H and O–H groups in total. The molecule has 66 heavy (non-hydrogen) atoms. The minimum atomic E-state index is -1.25. The molecule has 0 radical (unpaired) electrons. The number of ether oxygens (including phenoxy) is 2. The van der Waals surface area contributed by atoms with Crippen LogP contribution in [0.2, 0.25) is 0 Å². The number of fused-ring (bicyclic) bond motifs is 1. The summed E-state index contributed by atoms with van der Waals surface area (Å²) in [5, 5.41) is 15.6. The number of imidazole rings is 2. The number of aliphatic hydroxyl groups excluding tert-OH is 1. The smallest absolute Gasteiger partial charge is 0.407 e. The number of hydrogen-bond acceptors (Lipinski definition) is 10. The van der Waals surface area contributed by atoms with E-state index >= 15 is 0 Å². The first-order chi connectivity index (χ1) is 31.7. The number of rotatable bonds is 13. The van der Waals surface area contributed by atoms with Gasteiger partial charge < -0.3 is 49.5 Å². The van der Waals surface area contributed by atoms with Gasteiger partial charge in [-0.25, -0.2) is 23.9 Å². The number of nitrogens with zero attached hydrogens (tertiary/aromatic N) is 6. The van der Waals surface area contributed by atoms with Crippen LogP contribution in [0.25, 0.3) is 33.6 Å². The second kappa shape index (κ2) is 19.5. The fourth-order valence-corrected chi connectivity index (χ4v) is 9.07. The van der Waals surface area contributed by atoms with Gasteiger partial charge in [-0.05, 0) is 70.2 Å². The lowest BCUT2D eigenvalue weighted by Crippen LogP contribution is -2.52. The molecule has 0 aliphatic carbocycles. The summed E-state index contributed by atoms with van der Waals surface area (Å²) >= 11 is 0. The van der Waals surface area contributed by atoms with Crippen LogP contribution < -0.4 is 10.6 Å². The molecule has 2 fully saturated rings. The summed E-state index contributed by atoms with van der Waals surface area (Å²) < 4.78 is 23.8. The molecular weight excluding hydrogens is 848 g/mol. The Kier molecular flexibility index (Phi) is 13.5. The van der Waals surface area contributed by atoms with E-state index in [-0.39, 0.29) is 61.3 Å². The quantitative estimate of drug-likeness (QED) is 0.0856. The average molecular weight is 905 g/mol. The van der Waals surface area contributed by atoms with Crippen molar-refractivity contribution in [3.05, 3.63) is 108 Å². The van der Waals surface area contributed by atoms with Crippen molar-refractivity contribution in [2.24, 2.45) is 11.8 Å². The van der Waals surface area contributed by atoms with Gasteiger partial charge in [-0.3, -0.25) is 14.9 Å². The third-order valence-corrected chi connectivity index (χ3v) is 12.8. The molecule has 8 rings (SSSR count). The van der Waals surface area contributed by atoms with Crippen LogP contribution in [0, 0.1) is 17.7 Å². The van der Waals surface area contributed by atoms with Crippen LogP contribution >= 0.6 is 0 Å². The number of methoxy groups -OCH3 is 2. The first-order valence-electron chi connectivity index (χ1n) is 22.3. The second-order valence-corrected chi connectivity index (χ2v) is 17.8. The number of aliphatic hydroxyl groups is 1. The molecule has 17 nitrogen and oxygen atoms in total. The molecule has 2 saturated heterocycles. The van der Waals surface area contributed by atoms with Crippen LogP contribution in [0.5, 0.6) is 0 Å². The lowest BCUT2D eigenvalue weighted by Gasteiger charge is -2.31. The summed E-state index contributed by atoms with van der Waals surface area (Å²) in [6, 6.07) is 18.0.